The smallest absolute Gasteiger partial charge is 0.0707 e. The van der Waals surface area contributed by atoms with Gasteiger partial charge in [0.25, 0.3) is 0 Å². The van der Waals surface area contributed by atoms with Crippen LogP contribution in [0.15, 0.2) is 24.3 Å². The van der Waals surface area contributed by atoms with Crippen molar-refractivity contribution in [3.8, 4) is 0 Å². The Hall–Kier alpha value is -1.35. The molecule has 98 valence electrons. The molecule has 0 aliphatic carbocycles. The maximum Gasteiger partial charge on any atom is 0.0707 e. The molecule has 0 radical (unpaired) electrons. The molecule has 1 aromatic carbocycles. The van der Waals surface area contributed by atoms with Gasteiger partial charge in [0.05, 0.1) is 17.3 Å². The molecule has 2 rings (SSSR count). The van der Waals surface area contributed by atoms with Gasteiger partial charge in [-0.25, -0.2) is 0 Å². The molecule has 2 atom stereocenters. The van der Waals surface area contributed by atoms with Crippen molar-refractivity contribution < 1.29 is 5.11 Å². The summed E-state index contributed by atoms with van der Waals surface area (Å²) in [6.45, 7) is 6.98. The highest BCUT2D eigenvalue weighted by Crippen LogP contribution is 2.23. The van der Waals surface area contributed by atoms with E-state index in [-0.39, 0.29) is 12.0 Å². The summed E-state index contributed by atoms with van der Waals surface area (Å²) in [5, 5.41) is 15.7. The van der Waals surface area contributed by atoms with Gasteiger partial charge in [-0.05, 0) is 32.3 Å². The number of aliphatic hydroxyl groups excluding tert-OH is 1. The summed E-state index contributed by atoms with van der Waals surface area (Å²) >= 11 is 0. The molecule has 0 saturated carbocycles. The Morgan fingerprint density at radius 1 is 1.28 bits per heavy atom. The van der Waals surface area contributed by atoms with Crippen LogP contribution in [-0.4, -0.2) is 21.0 Å². The van der Waals surface area contributed by atoms with E-state index in [1.165, 1.54) is 10.9 Å². The molecule has 18 heavy (non-hydrogen) atoms. The van der Waals surface area contributed by atoms with Gasteiger partial charge in [-0.2, -0.15) is 5.10 Å². The van der Waals surface area contributed by atoms with Crippen LogP contribution in [0.5, 0.6) is 0 Å². The van der Waals surface area contributed by atoms with E-state index in [0.29, 0.717) is 0 Å². The molecular weight excluding hydrogens is 224 g/mol. The Morgan fingerprint density at radius 2 is 2.00 bits per heavy atom. The number of para-hydroxylation sites is 1. The normalized spacial score (nSPS) is 14.9. The number of aryl methyl sites for hydroxylation is 1. The highest BCUT2D eigenvalue weighted by Gasteiger charge is 2.17. The summed E-state index contributed by atoms with van der Waals surface area (Å²) in [6.07, 6.45) is 1.55. The highest BCUT2D eigenvalue weighted by atomic mass is 16.3. The largest absolute Gasteiger partial charge is 0.393 e. The molecule has 2 aromatic rings. The monoisotopic (exact) mass is 246 g/mol. The number of aromatic nitrogens is 2. The zero-order valence-corrected chi connectivity index (χ0v) is 11.4. The van der Waals surface area contributed by atoms with E-state index >= 15 is 0 Å². The second kappa shape index (κ2) is 5.53. The molecule has 0 bridgehead atoms. The number of fused-ring (bicyclic) bond motifs is 1. The molecule has 2 unspecified atom stereocenters. The number of aliphatic hydroxyl groups is 1. The first-order valence-corrected chi connectivity index (χ1v) is 6.79. The van der Waals surface area contributed by atoms with E-state index < -0.39 is 0 Å². The molecule has 3 nitrogen and oxygen atoms in total. The van der Waals surface area contributed by atoms with Crippen LogP contribution < -0.4 is 0 Å². The third-order valence-electron chi connectivity index (χ3n) is 3.70. The van der Waals surface area contributed by atoms with E-state index in [2.05, 4.69) is 37.1 Å². The van der Waals surface area contributed by atoms with Crippen LogP contribution in [0.1, 0.15) is 32.9 Å². The third-order valence-corrected chi connectivity index (χ3v) is 3.70. The average molecular weight is 246 g/mol. The molecule has 3 heteroatoms. The van der Waals surface area contributed by atoms with Crippen LogP contribution in [-0.2, 0) is 13.0 Å². The van der Waals surface area contributed by atoms with Crippen molar-refractivity contribution in [2.45, 2.75) is 46.3 Å². The Bertz CT molecular complexity index is 516. The fourth-order valence-electron chi connectivity index (χ4n) is 2.49. The fraction of sp³-hybridized carbons (Fsp3) is 0.533. The molecule has 1 heterocycles. The summed E-state index contributed by atoms with van der Waals surface area (Å²) in [5.74, 6) is 0.286. The van der Waals surface area contributed by atoms with Gasteiger partial charge in [0.15, 0.2) is 0 Å². The quantitative estimate of drug-likeness (QED) is 0.880. The van der Waals surface area contributed by atoms with Crippen LogP contribution in [0.4, 0.5) is 0 Å². The fourth-order valence-corrected chi connectivity index (χ4v) is 2.49. The minimum Gasteiger partial charge on any atom is -0.393 e. The lowest BCUT2D eigenvalue weighted by molar-refractivity contribution is 0.122. The molecule has 0 spiro atoms. The second-order valence-electron chi connectivity index (χ2n) is 4.89. The van der Waals surface area contributed by atoms with Crippen molar-refractivity contribution in [3.05, 3.63) is 30.0 Å². The van der Waals surface area contributed by atoms with Crippen molar-refractivity contribution in [2.24, 2.45) is 5.92 Å². The van der Waals surface area contributed by atoms with E-state index in [1.54, 1.807) is 0 Å². The van der Waals surface area contributed by atoms with Crippen LogP contribution in [0.3, 0.4) is 0 Å². The Kier molecular flexibility index (Phi) is 4.02. The maximum atomic E-state index is 9.77. The maximum absolute atomic E-state index is 9.77. The van der Waals surface area contributed by atoms with Gasteiger partial charge in [0.1, 0.15) is 0 Å². The molecule has 0 amide bonds. The third kappa shape index (κ3) is 2.41. The van der Waals surface area contributed by atoms with Crippen LogP contribution in [0.25, 0.3) is 10.9 Å². The molecule has 0 aliphatic rings. The molecule has 1 N–H and O–H groups in total. The van der Waals surface area contributed by atoms with E-state index in [0.717, 1.165) is 25.1 Å². The first-order chi connectivity index (χ1) is 8.67. The summed E-state index contributed by atoms with van der Waals surface area (Å²) in [7, 11) is 0. The summed E-state index contributed by atoms with van der Waals surface area (Å²) in [4.78, 5) is 0. The van der Waals surface area contributed by atoms with Crippen molar-refractivity contribution in [1.29, 1.82) is 0 Å². The number of nitrogens with zero attached hydrogens (tertiary/aromatic N) is 2. The van der Waals surface area contributed by atoms with E-state index in [9.17, 15) is 5.11 Å². The number of hydrogen-bond acceptors (Lipinski definition) is 2. The van der Waals surface area contributed by atoms with Gasteiger partial charge in [-0.1, -0.05) is 31.5 Å². The van der Waals surface area contributed by atoms with Gasteiger partial charge in [-0.15, -0.1) is 0 Å². The lowest BCUT2D eigenvalue weighted by atomic mass is 9.94. The molecule has 0 saturated heterocycles. The highest BCUT2D eigenvalue weighted by molar-refractivity contribution is 5.81. The van der Waals surface area contributed by atoms with E-state index in [1.807, 2.05) is 17.7 Å². The first-order valence-electron chi connectivity index (χ1n) is 6.79. The van der Waals surface area contributed by atoms with Crippen LogP contribution >= 0.6 is 0 Å². The minimum atomic E-state index is -0.277. The Balaban J connectivity index is 2.39. The Morgan fingerprint density at radius 3 is 2.61 bits per heavy atom. The number of rotatable bonds is 5. The predicted molar refractivity (Wildman–Crippen MR) is 74.6 cm³/mol. The molecule has 0 fully saturated rings. The van der Waals surface area contributed by atoms with Crippen molar-refractivity contribution in [3.63, 3.8) is 0 Å². The van der Waals surface area contributed by atoms with Crippen molar-refractivity contribution >= 4 is 10.9 Å². The van der Waals surface area contributed by atoms with Gasteiger partial charge >= 0.3 is 0 Å². The van der Waals surface area contributed by atoms with Crippen molar-refractivity contribution in [2.75, 3.05) is 0 Å². The predicted octanol–water partition coefficient (Wildman–Crippen LogP) is 3.01. The standard InChI is InChI=1S/C15H22N2O/c1-4-12(11(3)18)10-14-13-8-6-7-9-15(13)17(5-2)16-14/h6-9,11-12,18H,4-5,10H2,1-3H3. The van der Waals surface area contributed by atoms with Gasteiger partial charge in [0, 0.05) is 11.9 Å². The van der Waals surface area contributed by atoms with Crippen molar-refractivity contribution in [1.82, 2.24) is 9.78 Å². The second-order valence-corrected chi connectivity index (χ2v) is 4.89. The summed E-state index contributed by atoms with van der Waals surface area (Å²) < 4.78 is 2.04. The van der Waals surface area contributed by atoms with Gasteiger partial charge in [0.2, 0.25) is 0 Å². The molecular formula is C15H22N2O. The Labute approximate surface area is 108 Å². The summed E-state index contributed by atoms with van der Waals surface area (Å²) in [6, 6.07) is 8.33. The van der Waals surface area contributed by atoms with E-state index in [4.69, 9.17) is 0 Å². The molecule has 0 aliphatic heterocycles. The number of benzene rings is 1. The minimum absolute atomic E-state index is 0.277. The number of hydrogen-bond donors (Lipinski definition) is 1. The molecule has 1 aromatic heterocycles. The van der Waals surface area contributed by atoms with Gasteiger partial charge in [-0.3, -0.25) is 4.68 Å². The first kappa shape index (κ1) is 13.1. The van der Waals surface area contributed by atoms with Crippen LogP contribution in [0, 0.1) is 5.92 Å². The topological polar surface area (TPSA) is 38.0 Å². The lowest BCUT2D eigenvalue weighted by Gasteiger charge is -2.16. The van der Waals surface area contributed by atoms with Gasteiger partial charge < -0.3 is 5.11 Å². The average Bonchev–Trinajstić information content (AvgIpc) is 2.74. The lowest BCUT2D eigenvalue weighted by Crippen LogP contribution is -2.18. The zero-order valence-electron chi connectivity index (χ0n) is 11.4. The zero-order chi connectivity index (χ0) is 13.1. The summed E-state index contributed by atoms with van der Waals surface area (Å²) in [5.41, 5.74) is 2.30. The SMILES string of the molecule is CCC(Cc1nn(CC)c2ccccc12)C(C)O. The van der Waals surface area contributed by atoms with Crippen LogP contribution in [0.2, 0.25) is 0 Å².